The van der Waals surface area contributed by atoms with Crippen molar-refractivity contribution in [2.75, 3.05) is 19.0 Å². The molecule has 0 spiro atoms. The Bertz CT molecular complexity index is 586. The normalized spacial score (nSPS) is 10.7. The molecule has 6 nitrogen and oxygen atoms in total. The number of anilines is 1. The van der Waals surface area contributed by atoms with E-state index in [2.05, 4.69) is 39.1 Å². The first-order valence-corrected chi connectivity index (χ1v) is 6.63. The van der Waals surface area contributed by atoms with Crippen molar-refractivity contribution in [3.05, 3.63) is 24.3 Å². The SMILES string of the molecule is CCNc1ncnc(-c2nccnc2OC)c1C(C)C. The van der Waals surface area contributed by atoms with Crippen LogP contribution in [0.4, 0.5) is 5.82 Å². The zero-order chi connectivity index (χ0) is 14.5. The Morgan fingerprint density at radius 2 is 1.85 bits per heavy atom. The van der Waals surface area contributed by atoms with Gasteiger partial charge in [0.05, 0.1) is 7.11 Å². The minimum atomic E-state index is 0.256. The van der Waals surface area contributed by atoms with Gasteiger partial charge < -0.3 is 10.1 Å². The van der Waals surface area contributed by atoms with Crippen molar-refractivity contribution in [1.29, 1.82) is 0 Å². The molecule has 0 bridgehead atoms. The molecule has 2 aromatic heterocycles. The van der Waals surface area contributed by atoms with E-state index in [1.165, 1.54) is 6.33 Å². The fourth-order valence-electron chi connectivity index (χ4n) is 2.08. The minimum Gasteiger partial charge on any atom is -0.479 e. The number of aromatic nitrogens is 4. The topological polar surface area (TPSA) is 72.8 Å². The highest BCUT2D eigenvalue weighted by molar-refractivity contribution is 5.69. The van der Waals surface area contributed by atoms with Gasteiger partial charge in [-0.25, -0.2) is 19.9 Å². The maximum Gasteiger partial charge on any atom is 0.241 e. The average Bonchev–Trinajstić information content (AvgIpc) is 2.47. The Morgan fingerprint density at radius 1 is 1.10 bits per heavy atom. The molecule has 0 saturated heterocycles. The highest BCUT2D eigenvalue weighted by Crippen LogP contribution is 2.33. The van der Waals surface area contributed by atoms with E-state index in [1.54, 1.807) is 19.5 Å². The highest BCUT2D eigenvalue weighted by atomic mass is 16.5. The molecule has 0 unspecified atom stereocenters. The Morgan fingerprint density at radius 3 is 2.50 bits per heavy atom. The average molecular weight is 273 g/mol. The van der Waals surface area contributed by atoms with Gasteiger partial charge in [0, 0.05) is 24.5 Å². The Kier molecular flexibility index (Phi) is 4.45. The molecule has 6 heteroatoms. The molecule has 0 aliphatic heterocycles. The molecule has 0 aliphatic rings. The van der Waals surface area contributed by atoms with Crippen LogP contribution in [0, 0.1) is 0 Å². The van der Waals surface area contributed by atoms with Crippen LogP contribution in [0.15, 0.2) is 18.7 Å². The van der Waals surface area contributed by atoms with Gasteiger partial charge >= 0.3 is 0 Å². The van der Waals surface area contributed by atoms with Gasteiger partial charge in [-0.15, -0.1) is 0 Å². The Labute approximate surface area is 118 Å². The van der Waals surface area contributed by atoms with Crippen LogP contribution in [0.1, 0.15) is 32.3 Å². The molecule has 106 valence electrons. The maximum absolute atomic E-state index is 5.28. The van der Waals surface area contributed by atoms with Crippen LogP contribution in [0.3, 0.4) is 0 Å². The second-order valence-electron chi connectivity index (χ2n) is 4.58. The molecular weight excluding hydrogens is 254 g/mol. The van der Waals surface area contributed by atoms with Gasteiger partial charge in [0.15, 0.2) is 5.69 Å². The van der Waals surface area contributed by atoms with E-state index in [0.717, 1.165) is 23.6 Å². The lowest BCUT2D eigenvalue weighted by Gasteiger charge is -2.16. The smallest absolute Gasteiger partial charge is 0.241 e. The summed E-state index contributed by atoms with van der Waals surface area (Å²) in [6.45, 7) is 7.04. The second-order valence-corrected chi connectivity index (χ2v) is 4.58. The molecule has 0 atom stereocenters. The van der Waals surface area contributed by atoms with Gasteiger partial charge in [-0.2, -0.15) is 0 Å². The van der Waals surface area contributed by atoms with E-state index >= 15 is 0 Å². The summed E-state index contributed by atoms with van der Waals surface area (Å²) >= 11 is 0. The summed E-state index contributed by atoms with van der Waals surface area (Å²) in [5.41, 5.74) is 2.42. The van der Waals surface area contributed by atoms with E-state index in [4.69, 9.17) is 4.74 Å². The highest BCUT2D eigenvalue weighted by Gasteiger charge is 2.20. The predicted molar refractivity (Wildman–Crippen MR) is 77.9 cm³/mol. The van der Waals surface area contributed by atoms with Gasteiger partial charge in [0.2, 0.25) is 5.88 Å². The number of nitrogens with one attached hydrogen (secondary N) is 1. The van der Waals surface area contributed by atoms with Gasteiger partial charge in [0.1, 0.15) is 17.8 Å². The third-order valence-corrected chi connectivity index (χ3v) is 2.89. The molecule has 0 radical (unpaired) electrons. The van der Waals surface area contributed by atoms with E-state index in [-0.39, 0.29) is 5.92 Å². The molecule has 0 aromatic carbocycles. The standard InChI is InChI=1S/C14H19N5O/c1-5-15-13-10(9(2)3)11(18-8-19-13)12-14(20-4)17-7-6-16-12/h6-9H,5H2,1-4H3,(H,15,18,19). The van der Waals surface area contributed by atoms with Gasteiger partial charge in [0.25, 0.3) is 0 Å². The van der Waals surface area contributed by atoms with Crippen molar-refractivity contribution >= 4 is 5.82 Å². The summed E-state index contributed by atoms with van der Waals surface area (Å²) in [7, 11) is 1.58. The van der Waals surface area contributed by atoms with Crippen LogP contribution in [-0.2, 0) is 0 Å². The second kappa shape index (κ2) is 6.27. The predicted octanol–water partition coefficient (Wildman–Crippen LogP) is 2.50. The van der Waals surface area contributed by atoms with Crippen molar-refractivity contribution in [2.45, 2.75) is 26.7 Å². The lowest BCUT2D eigenvalue weighted by Crippen LogP contribution is -2.08. The summed E-state index contributed by atoms with van der Waals surface area (Å²) in [4.78, 5) is 17.3. The van der Waals surface area contributed by atoms with Crippen molar-refractivity contribution in [3.8, 4) is 17.3 Å². The molecule has 0 amide bonds. The molecule has 20 heavy (non-hydrogen) atoms. The fourth-order valence-corrected chi connectivity index (χ4v) is 2.08. The lowest BCUT2D eigenvalue weighted by molar-refractivity contribution is 0.397. The zero-order valence-corrected chi connectivity index (χ0v) is 12.2. The van der Waals surface area contributed by atoms with E-state index in [1.807, 2.05) is 6.92 Å². The third kappa shape index (κ3) is 2.68. The first kappa shape index (κ1) is 14.2. The summed E-state index contributed by atoms with van der Waals surface area (Å²) in [6.07, 6.45) is 4.77. The van der Waals surface area contributed by atoms with Crippen LogP contribution >= 0.6 is 0 Å². The minimum absolute atomic E-state index is 0.256. The first-order valence-electron chi connectivity index (χ1n) is 6.63. The van der Waals surface area contributed by atoms with Crippen molar-refractivity contribution < 1.29 is 4.74 Å². The molecule has 0 saturated carbocycles. The summed E-state index contributed by atoms with van der Waals surface area (Å²) in [5, 5.41) is 3.26. The third-order valence-electron chi connectivity index (χ3n) is 2.89. The van der Waals surface area contributed by atoms with Crippen molar-refractivity contribution in [1.82, 2.24) is 19.9 Å². The van der Waals surface area contributed by atoms with Crippen LogP contribution in [-0.4, -0.2) is 33.6 Å². The monoisotopic (exact) mass is 273 g/mol. The molecule has 2 heterocycles. The molecule has 2 rings (SSSR count). The Balaban J connectivity index is 2.64. The van der Waals surface area contributed by atoms with Gasteiger partial charge in [-0.05, 0) is 12.8 Å². The number of hydrogen-bond donors (Lipinski definition) is 1. The summed E-state index contributed by atoms with van der Waals surface area (Å²) in [6, 6.07) is 0. The van der Waals surface area contributed by atoms with Crippen LogP contribution in [0.25, 0.3) is 11.4 Å². The van der Waals surface area contributed by atoms with Crippen LogP contribution in [0.2, 0.25) is 0 Å². The van der Waals surface area contributed by atoms with Crippen molar-refractivity contribution in [3.63, 3.8) is 0 Å². The van der Waals surface area contributed by atoms with E-state index < -0.39 is 0 Å². The Hall–Kier alpha value is -2.24. The number of rotatable bonds is 5. The number of hydrogen-bond acceptors (Lipinski definition) is 6. The number of ether oxygens (including phenoxy) is 1. The van der Waals surface area contributed by atoms with E-state index in [9.17, 15) is 0 Å². The number of nitrogens with zero attached hydrogens (tertiary/aromatic N) is 4. The van der Waals surface area contributed by atoms with Crippen LogP contribution < -0.4 is 10.1 Å². The largest absolute Gasteiger partial charge is 0.479 e. The zero-order valence-electron chi connectivity index (χ0n) is 12.2. The molecular formula is C14H19N5O. The quantitative estimate of drug-likeness (QED) is 0.902. The molecule has 2 aromatic rings. The van der Waals surface area contributed by atoms with Gasteiger partial charge in [-0.3, -0.25) is 0 Å². The number of methoxy groups -OCH3 is 1. The molecule has 0 fully saturated rings. The van der Waals surface area contributed by atoms with Gasteiger partial charge in [-0.1, -0.05) is 13.8 Å². The first-order chi connectivity index (χ1) is 9.69. The van der Waals surface area contributed by atoms with Crippen LogP contribution in [0.5, 0.6) is 5.88 Å². The van der Waals surface area contributed by atoms with E-state index in [0.29, 0.717) is 11.6 Å². The summed E-state index contributed by atoms with van der Waals surface area (Å²) < 4.78 is 5.28. The summed E-state index contributed by atoms with van der Waals surface area (Å²) in [5.74, 6) is 1.56. The fraction of sp³-hybridized carbons (Fsp3) is 0.429. The lowest BCUT2D eigenvalue weighted by atomic mass is 10.00. The van der Waals surface area contributed by atoms with Crippen molar-refractivity contribution in [2.24, 2.45) is 0 Å². The molecule has 1 N–H and O–H groups in total. The molecule has 0 aliphatic carbocycles. The maximum atomic E-state index is 5.28.